The Hall–Kier alpha value is -1.67. The average molecular weight is 269 g/mol. The monoisotopic (exact) mass is 269 g/mol. The van der Waals surface area contributed by atoms with Gasteiger partial charge in [0.05, 0.1) is 0 Å². The Labute approximate surface area is 119 Å². The minimum absolute atomic E-state index is 0.131. The summed E-state index contributed by atoms with van der Waals surface area (Å²) in [6, 6.07) is 12.5. The fraction of sp³-hybridized carbons (Fsp3) is 0.333. The molecule has 2 heteroatoms. The van der Waals surface area contributed by atoms with Crippen molar-refractivity contribution in [1.82, 2.24) is 5.32 Å². The first-order valence-electron chi connectivity index (χ1n) is 7.31. The van der Waals surface area contributed by atoms with E-state index in [4.69, 9.17) is 0 Å². The Morgan fingerprint density at radius 1 is 1.15 bits per heavy atom. The van der Waals surface area contributed by atoms with Gasteiger partial charge in [0.15, 0.2) is 0 Å². The van der Waals surface area contributed by atoms with Crippen LogP contribution < -0.4 is 5.32 Å². The third-order valence-electron chi connectivity index (χ3n) is 4.18. The smallest absolute Gasteiger partial charge is 0.126 e. The summed E-state index contributed by atoms with van der Waals surface area (Å²) in [7, 11) is 0. The first kappa shape index (κ1) is 13.3. The number of halogens is 1. The van der Waals surface area contributed by atoms with Crippen LogP contribution in [0, 0.1) is 12.7 Å². The third kappa shape index (κ3) is 2.36. The molecule has 20 heavy (non-hydrogen) atoms. The van der Waals surface area contributed by atoms with Gasteiger partial charge in [0, 0.05) is 6.04 Å². The summed E-state index contributed by atoms with van der Waals surface area (Å²) < 4.78 is 13.7. The molecular formula is C18H20FN. The normalized spacial score (nSPS) is 17.2. The Kier molecular flexibility index (Phi) is 3.58. The number of benzene rings is 2. The van der Waals surface area contributed by atoms with Crippen LogP contribution in [0.4, 0.5) is 4.39 Å². The number of nitrogens with one attached hydrogen (secondary N) is 1. The first-order chi connectivity index (χ1) is 9.69. The maximum Gasteiger partial charge on any atom is 0.126 e. The van der Waals surface area contributed by atoms with E-state index < -0.39 is 0 Å². The van der Waals surface area contributed by atoms with Gasteiger partial charge in [-0.2, -0.15) is 0 Å². The van der Waals surface area contributed by atoms with Gasteiger partial charge < -0.3 is 5.32 Å². The molecule has 0 radical (unpaired) electrons. The van der Waals surface area contributed by atoms with E-state index in [2.05, 4.69) is 30.4 Å². The molecule has 0 amide bonds. The summed E-state index contributed by atoms with van der Waals surface area (Å²) in [5, 5.41) is 3.52. The molecule has 1 atom stereocenters. The summed E-state index contributed by atoms with van der Waals surface area (Å²) in [4.78, 5) is 0. The molecule has 2 aromatic rings. The molecule has 0 heterocycles. The highest BCUT2D eigenvalue weighted by atomic mass is 19.1. The maximum atomic E-state index is 13.7. The highest BCUT2D eigenvalue weighted by Crippen LogP contribution is 2.34. The summed E-state index contributed by atoms with van der Waals surface area (Å²) in [6.45, 7) is 4.93. The van der Waals surface area contributed by atoms with Crippen molar-refractivity contribution >= 4 is 0 Å². The minimum Gasteiger partial charge on any atom is -0.310 e. The highest BCUT2D eigenvalue weighted by molar-refractivity contribution is 5.66. The molecule has 1 N–H and O–H groups in total. The molecule has 104 valence electrons. The molecule has 0 saturated carbocycles. The zero-order chi connectivity index (χ0) is 14.1. The molecule has 3 rings (SSSR count). The molecule has 2 aromatic carbocycles. The second-order valence-electron chi connectivity index (χ2n) is 5.53. The average Bonchev–Trinajstić information content (AvgIpc) is 2.85. The van der Waals surface area contributed by atoms with Gasteiger partial charge in [-0.3, -0.25) is 0 Å². The predicted molar refractivity (Wildman–Crippen MR) is 81.3 cm³/mol. The van der Waals surface area contributed by atoms with Crippen LogP contribution in [0.1, 0.15) is 36.1 Å². The molecule has 0 spiro atoms. The maximum absolute atomic E-state index is 13.7. The molecule has 1 aliphatic carbocycles. The van der Waals surface area contributed by atoms with Crippen LogP contribution in [0.3, 0.4) is 0 Å². The topological polar surface area (TPSA) is 12.0 Å². The van der Waals surface area contributed by atoms with Crippen molar-refractivity contribution in [3.8, 4) is 11.1 Å². The van der Waals surface area contributed by atoms with Gasteiger partial charge in [-0.15, -0.1) is 0 Å². The third-order valence-corrected chi connectivity index (χ3v) is 4.18. The van der Waals surface area contributed by atoms with Crippen LogP contribution in [-0.4, -0.2) is 6.54 Å². The number of hydrogen-bond donors (Lipinski definition) is 1. The van der Waals surface area contributed by atoms with E-state index in [-0.39, 0.29) is 5.82 Å². The van der Waals surface area contributed by atoms with Crippen molar-refractivity contribution in [3.05, 3.63) is 58.9 Å². The van der Waals surface area contributed by atoms with Crippen LogP contribution in [0.5, 0.6) is 0 Å². The van der Waals surface area contributed by atoms with E-state index in [1.54, 1.807) is 13.0 Å². The summed E-state index contributed by atoms with van der Waals surface area (Å²) >= 11 is 0. The van der Waals surface area contributed by atoms with Crippen LogP contribution in [0.25, 0.3) is 11.1 Å². The summed E-state index contributed by atoms with van der Waals surface area (Å²) in [6.07, 6.45) is 2.27. The van der Waals surface area contributed by atoms with Crippen LogP contribution in [0.15, 0.2) is 36.4 Å². The minimum atomic E-state index is -0.131. The van der Waals surface area contributed by atoms with E-state index in [0.29, 0.717) is 11.6 Å². The summed E-state index contributed by atoms with van der Waals surface area (Å²) in [5.41, 5.74) is 5.57. The Morgan fingerprint density at radius 2 is 1.90 bits per heavy atom. The quantitative estimate of drug-likeness (QED) is 0.871. The van der Waals surface area contributed by atoms with Crippen molar-refractivity contribution in [2.75, 3.05) is 6.54 Å². The van der Waals surface area contributed by atoms with Gasteiger partial charge >= 0.3 is 0 Å². The molecule has 1 unspecified atom stereocenters. The molecule has 0 bridgehead atoms. The Bertz CT molecular complexity index is 633. The largest absolute Gasteiger partial charge is 0.310 e. The molecule has 0 saturated heterocycles. The Morgan fingerprint density at radius 3 is 2.65 bits per heavy atom. The lowest BCUT2D eigenvalue weighted by Crippen LogP contribution is -2.18. The van der Waals surface area contributed by atoms with E-state index >= 15 is 0 Å². The lowest BCUT2D eigenvalue weighted by molar-refractivity contribution is 0.549. The van der Waals surface area contributed by atoms with Crippen molar-refractivity contribution in [2.24, 2.45) is 0 Å². The summed E-state index contributed by atoms with van der Waals surface area (Å²) in [5.74, 6) is -0.131. The van der Waals surface area contributed by atoms with Gasteiger partial charge in [-0.25, -0.2) is 4.39 Å². The molecule has 0 aliphatic heterocycles. The molecular weight excluding hydrogens is 249 g/mol. The van der Waals surface area contributed by atoms with Crippen LogP contribution in [-0.2, 0) is 6.42 Å². The molecule has 0 fully saturated rings. The molecule has 0 aromatic heterocycles. The highest BCUT2D eigenvalue weighted by Gasteiger charge is 2.21. The number of hydrogen-bond acceptors (Lipinski definition) is 1. The van der Waals surface area contributed by atoms with Gasteiger partial charge in [0.2, 0.25) is 0 Å². The molecule has 1 aliphatic rings. The lowest BCUT2D eigenvalue weighted by Gasteiger charge is -2.13. The fourth-order valence-electron chi connectivity index (χ4n) is 3.03. The zero-order valence-corrected chi connectivity index (χ0v) is 12.0. The predicted octanol–water partition coefficient (Wildman–Crippen LogP) is 4.40. The number of rotatable bonds is 3. The Balaban J connectivity index is 1.95. The van der Waals surface area contributed by atoms with Crippen molar-refractivity contribution < 1.29 is 4.39 Å². The fourth-order valence-corrected chi connectivity index (χ4v) is 3.03. The molecule has 1 nitrogen and oxygen atoms in total. The van der Waals surface area contributed by atoms with Gasteiger partial charge in [0.1, 0.15) is 5.82 Å². The van der Waals surface area contributed by atoms with Crippen molar-refractivity contribution in [1.29, 1.82) is 0 Å². The lowest BCUT2D eigenvalue weighted by atomic mass is 9.99. The van der Waals surface area contributed by atoms with Gasteiger partial charge in [-0.1, -0.05) is 37.3 Å². The van der Waals surface area contributed by atoms with E-state index in [1.807, 2.05) is 12.1 Å². The van der Waals surface area contributed by atoms with Gasteiger partial charge in [0.25, 0.3) is 0 Å². The number of fused-ring (bicyclic) bond motifs is 1. The van der Waals surface area contributed by atoms with Crippen molar-refractivity contribution in [3.63, 3.8) is 0 Å². The standard InChI is InChI=1S/C18H20FN/c1-3-20-18-9-7-15-10-13(6-8-16(15)18)14-5-4-12(2)17(19)11-14/h4-6,8,10-11,18,20H,3,7,9H2,1-2H3. The second kappa shape index (κ2) is 5.37. The zero-order valence-electron chi connectivity index (χ0n) is 12.0. The number of aryl methyl sites for hydroxylation is 2. The van der Waals surface area contributed by atoms with E-state index in [0.717, 1.165) is 30.5 Å². The van der Waals surface area contributed by atoms with Crippen LogP contribution >= 0.6 is 0 Å². The van der Waals surface area contributed by atoms with E-state index in [1.165, 1.54) is 11.1 Å². The SMILES string of the molecule is CCNC1CCc2cc(-c3ccc(C)c(F)c3)ccc21. The van der Waals surface area contributed by atoms with E-state index in [9.17, 15) is 4.39 Å². The first-order valence-corrected chi connectivity index (χ1v) is 7.31. The van der Waals surface area contributed by atoms with Crippen molar-refractivity contribution in [2.45, 2.75) is 32.7 Å². The van der Waals surface area contributed by atoms with Crippen LogP contribution in [0.2, 0.25) is 0 Å². The van der Waals surface area contributed by atoms with Gasteiger partial charge in [-0.05, 0) is 60.2 Å². The second-order valence-corrected chi connectivity index (χ2v) is 5.53.